The van der Waals surface area contributed by atoms with Gasteiger partial charge >= 0.3 is 0 Å². The third-order valence-electron chi connectivity index (χ3n) is 8.66. The molecule has 1 amide bonds. The quantitative estimate of drug-likeness (QED) is 0.457. The predicted octanol–water partition coefficient (Wildman–Crippen LogP) is 4.67. The summed E-state index contributed by atoms with van der Waals surface area (Å²) in [5.74, 6) is -1.06. The van der Waals surface area contributed by atoms with Crippen molar-refractivity contribution in [2.24, 2.45) is 11.8 Å². The number of anilines is 1. The molecule has 1 aromatic heterocycles. The van der Waals surface area contributed by atoms with E-state index in [0.717, 1.165) is 29.9 Å². The molecule has 4 aliphatic rings. The SMILES string of the molecule is C[C@@H](NC(=O)c1cn(C2(C(F)F)CC2)c(=O)cc1NC1[C@H]2CN(C3CC3)C[C@@H]12)c1cccc(C(F)F)c1F. The van der Waals surface area contributed by atoms with Gasteiger partial charge in [0.25, 0.3) is 24.3 Å². The summed E-state index contributed by atoms with van der Waals surface area (Å²) in [7, 11) is 0. The number of amides is 1. The zero-order chi connectivity index (χ0) is 26.9. The Morgan fingerprint density at radius 2 is 1.74 bits per heavy atom. The van der Waals surface area contributed by atoms with E-state index in [4.69, 9.17) is 0 Å². The van der Waals surface area contributed by atoms with Crippen LogP contribution in [0.1, 0.15) is 66.6 Å². The molecule has 1 aromatic carbocycles. The molecule has 3 aliphatic carbocycles. The third-order valence-corrected chi connectivity index (χ3v) is 8.66. The van der Waals surface area contributed by atoms with Gasteiger partial charge in [0, 0.05) is 43.0 Å². The van der Waals surface area contributed by atoms with E-state index in [1.165, 1.54) is 38.0 Å². The third kappa shape index (κ3) is 4.28. The number of pyridine rings is 1. The number of alkyl halides is 4. The van der Waals surface area contributed by atoms with Gasteiger partial charge in [0.05, 0.1) is 22.9 Å². The van der Waals surface area contributed by atoms with E-state index < -0.39 is 47.3 Å². The summed E-state index contributed by atoms with van der Waals surface area (Å²) in [6.07, 6.45) is -1.98. The number of hydrogen-bond acceptors (Lipinski definition) is 4. The maximum atomic E-state index is 14.7. The number of hydrogen-bond donors (Lipinski definition) is 2. The molecule has 1 aliphatic heterocycles. The molecule has 1 unspecified atom stereocenters. The van der Waals surface area contributed by atoms with Crippen molar-refractivity contribution in [3.05, 3.63) is 63.3 Å². The van der Waals surface area contributed by atoms with Crippen LogP contribution in [0.15, 0.2) is 35.3 Å². The van der Waals surface area contributed by atoms with Gasteiger partial charge in [-0.15, -0.1) is 0 Å². The molecule has 4 atom stereocenters. The van der Waals surface area contributed by atoms with E-state index >= 15 is 0 Å². The smallest absolute Gasteiger partial charge is 0.266 e. The Hall–Kier alpha value is -2.95. The number of carbonyl (C=O) groups excluding carboxylic acids is 1. The Morgan fingerprint density at radius 1 is 1.08 bits per heavy atom. The van der Waals surface area contributed by atoms with E-state index in [-0.39, 0.29) is 35.7 Å². The second-order valence-electron chi connectivity index (χ2n) is 11.1. The number of likely N-dealkylation sites (tertiary alicyclic amines) is 1. The number of aromatic nitrogens is 1. The van der Waals surface area contributed by atoms with Gasteiger partial charge in [-0.2, -0.15) is 0 Å². The van der Waals surface area contributed by atoms with Crippen molar-refractivity contribution < 1.29 is 26.7 Å². The monoisotopic (exact) mass is 536 g/mol. The molecule has 2 aromatic rings. The fourth-order valence-corrected chi connectivity index (χ4v) is 5.99. The summed E-state index contributed by atoms with van der Waals surface area (Å²) in [6, 6.07) is 4.48. The summed E-state index contributed by atoms with van der Waals surface area (Å²) in [5.41, 5.74) is -2.95. The van der Waals surface area contributed by atoms with Crippen LogP contribution in [0.25, 0.3) is 0 Å². The Balaban J connectivity index is 1.28. The van der Waals surface area contributed by atoms with E-state index in [1.807, 2.05) is 0 Å². The van der Waals surface area contributed by atoms with Gasteiger partial charge < -0.3 is 15.2 Å². The second kappa shape index (κ2) is 9.07. The minimum absolute atomic E-state index is 0.0159. The van der Waals surface area contributed by atoms with Gasteiger partial charge in [-0.1, -0.05) is 18.2 Å². The highest BCUT2D eigenvalue weighted by Crippen LogP contribution is 2.51. The fraction of sp³-hybridized carbons (Fsp3) is 0.556. The molecule has 0 radical (unpaired) electrons. The van der Waals surface area contributed by atoms with E-state index in [2.05, 4.69) is 15.5 Å². The molecule has 6 rings (SSSR count). The fourth-order valence-electron chi connectivity index (χ4n) is 5.99. The van der Waals surface area contributed by atoms with E-state index in [0.29, 0.717) is 17.9 Å². The Kier molecular flexibility index (Phi) is 6.04. The first-order valence-electron chi connectivity index (χ1n) is 13.0. The van der Waals surface area contributed by atoms with Crippen molar-refractivity contribution in [2.75, 3.05) is 18.4 Å². The summed E-state index contributed by atoms with van der Waals surface area (Å²) in [4.78, 5) is 28.8. The first-order chi connectivity index (χ1) is 18.1. The highest BCUT2D eigenvalue weighted by Gasteiger charge is 2.58. The molecule has 2 N–H and O–H groups in total. The van der Waals surface area contributed by atoms with Crippen molar-refractivity contribution in [2.45, 2.75) is 69.1 Å². The minimum Gasteiger partial charge on any atom is -0.381 e. The van der Waals surface area contributed by atoms with Crippen LogP contribution < -0.4 is 16.2 Å². The first-order valence-corrected chi connectivity index (χ1v) is 13.0. The molecule has 0 spiro atoms. The van der Waals surface area contributed by atoms with Crippen LogP contribution >= 0.6 is 0 Å². The minimum atomic E-state index is -3.02. The average molecular weight is 537 g/mol. The zero-order valence-electron chi connectivity index (χ0n) is 20.8. The Morgan fingerprint density at radius 3 is 2.32 bits per heavy atom. The van der Waals surface area contributed by atoms with Crippen LogP contribution in [0.3, 0.4) is 0 Å². The highest BCUT2D eigenvalue weighted by molar-refractivity contribution is 5.99. The number of benzene rings is 1. The maximum Gasteiger partial charge on any atom is 0.266 e. The van der Waals surface area contributed by atoms with Crippen molar-refractivity contribution in [3.63, 3.8) is 0 Å². The van der Waals surface area contributed by atoms with Gasteiger partial charge in [-0.25, -0.2) is 22.0 Å². The standard InChI is InChI=1S/C27H29F5N4O2/c1-13(15-3-2-4-16(22(15)28)24(29)30)33-25(38)19-12-36(27(7-8-27)26(31)32)21(37)9-20(19)34-23-17-10-35(11-18(17)23)14-5-6-14/h2-4,9,12-14,17-18,23-24,26,34H,5-8,10-11H2,1H3,(H,33,38)/t13-,17-,18+,23?/m1/s1. The number of piperidine rings is 1. The van der Waals surface area contributed by atoms with Crippen molar-refractivity contribution in [1.82, 2.24) is 14.8 Å². The molecule has 1 saturated heterocycles. The molecule has 0 bridgehead atoms. The first kappa shape index (κ1) is 25.3. The molecule has 11 heteroatoms. The van der Waals surface area contributed by atoms with Crippen LogP contribution in [0.5, 0.6) is 0 Å². The van der Waals surface area contributed by atoms with Gasteiger partial charge in [0.15, 0.2) is 0 Å². The van der Waals surface area contributed by atoms with Crippen molar-refractivity contribution in [1.29, 1.82) is 0 Å². The van der Waals surface area contributed by atoms with E-state index in [1.54, 1.807) is 0 Å². The highest BCUT2D eigenvalue weighted by atomic mass is 19.3. The Bertz CT molecular complexity index is 1310. The lowest BCUT2D eigenvalue weighted by molar-refractivity contribution is 0.0648. The number of halogens is 5. The van der Waals surface area contributed by atoms with Crippen LogP contribution in [-0.4, -0.2) is 47.0 Å². The van der Waals surface area contributed by atoms with Crippen LogP contribution in [0.4, 0.5) is 27.6 Å². The number of rotatable bonds is 9. The van der Waals surface area contributed by atoms with Crippen LogP contribution in [-0.2, 0) is 5.54 Å². The number of carbonyl (C=O) groups is 1. The molecule has 38 heavy (non-hydrogen) atoms. The summed E-state index contributed by atoms with van der Waals surface area (Å²) >= 11 is 0. The van der Waals surface area contributed by atoms with Gasteiger partial charge in [-0.05, 0) is 44.4 Å². The molecule has 3 saturated carbocycles. The summed E-state index contributed by atoms with van der Waals surface area (Å²) < 4.78 is 69.7. The zero-order valence-corrected chi connectivity index (χ0v) is 20.8. The average Bonchev–Trinajstić information content (AvgIpc) is 3.79. The van der Waals surface area contributed by atoms with Crippen molar-refractivity contribution in [3.8, 4) is 0 Å². The number of nitrogens with zero attached hydrogens (tertiary/aromatic N) is 2. The topological polar surface area (TPSA) is 66.4 Å². The van der Waals surface area contributed by atoms with Crippen LogP contribution in [0.2, 0.25) is 0 Å². The molecular formula is C27H29F5N4O2. The molecule has 6 nitrogen and oxygen atoms in total. The summed E-state index contributed by atoms with van der Waals surface area (Å²) in [6.45, 7) is 3.34. The largest absolute Gasteiger partial charge is 0.381 e. The van der Waals surface area contributed by atoms with Gasteiger partial charge in [0.2, 0.25) is 0 Å². The molecule has 4 fully saturated rings. The summed E-state index contributed by atoms with van der Waals surface area (Å²) in [5, 5.41) is 5.91. The Labute approximate surface area is 216 Å². The van der Waals surface area contributed by atoms with E-state index in [9.17, 15) is 31.5 Å². The van der Waals surface area contributed by atoms with Crippen molar-refractivity contribution >= 4 is 11.6 Å². The molecular weight excluding hydrogens is 507 g/mol. The van der Waals surface area contributed by atoms with Crippen LogP contribution in [0, 0.1) is 17.7 Å². The number of nitrogens with one attached hydrogen (secondary N) is 2. The lowest BCUT2D eigenvalue weighted by Gasteiger charge is -2.23. The molecule has 2 heterocycles. The van der Waals surface area contributed by atoms with Gasteiger partial charge in [-0.3, -0.25) is 14.5 Å². The lowest BCUT2D eigenvalue weighted by Crippen LogP contribution is -2.38. The lowest BCUT2D eigenvalue weighted by atomic mass is 10.0. The van der Waals surface area contributed by atoms with Gasteiger partial charge in [0.1, 0.15) is 11.4 Å². The normalized spacial score (nSPS) is 26.4. The second-order valence-corrected chi connectivity index (χ2v) is 11.1. The maximum absolute atomic E-state index is 14.7. The number of fused-ring (bicyclic) bond motifs is 1. The predicted molar refractivity (Wildman–Crippen MR) is 130 cm³/mol. The molecule has 204 valence electrons.